The normalized spacial score (nSPS) is 16.0. The Labute approximate surface area is 278 Å². The van der Waals surface area contributed by atoms with E-state index in [0.29, 0.717) is 16.2 Å². The predicted molar refractivity (Wildman–Crippen MR) is 184 cm³/mol. The number of rotatable bonds is 6. The average molecular weight is 655 g/mol. The zero-order valence-electron chi connectivity index (χ0n) is 25.7. The van der Waals surface area contributed by atoms with Crippen LogP contribution in [0.5, 0.6) is 0 Å². The number of hydrogen-bond acceptors (Lipinski definition) is 7. The van der Waals surface area contributed by atoms with Gasteiger partial charge in [0.1, 0.15) is 10.3 Å². The van der Waals surface area contributed by atoms with Crippen molar-refractivity contribution in [2.24, 2.45) is 11.8 Å². The number of nitrogens with one attached hydrogen (secondary N) is 1. The third-order valence-electron chi connectivity index (χ3n) is 9.01. The third-order valence-corrected chi connectivity index (χ3v) is 9.43. The second-order valence-electron chi connectivity index (χ2n) is 12.4. The number of halogens is 2. The van der Waals surface area contributed by atoms with Crippen LogP contribution in [-0.2, 0) is 13.1 Å². The molecule has 6 aromatic heterocycles. The lowest BCUT2D eigenvalue weighted by Gasteiger charge is -2.22. The minimum Gasteiger partial charge on any atom is -0.317 e. The molecule has 0 aromatic carbocycles. The summed E-state index contributed by atoms with van der Waals surface area (Å²) in [6.07, 6.45) is 21.0. The molecule has 1 aliphatic heterocycles. The predicted octanol–water partition coefficient (Wildman–Crippen LogP) is 7.87. The summed E-state index contributed by atoms with van der Waals surface area (Å²) in [4.78, 5) is 17.6. The molecule has 1 saturated heterocycles. The Morgan fingerprint density at radius 3 is 1.61 bits per heavy atom. The molecule has 6 aromatic rings. The molecule has 7 heterocycles. The molecule has 0 amide bonds. The van der Waals surface area contributed by atoms with E-state index in [9.17, 15) is 0 Å². The monoisotopic (exact) mass is 653 g/mol. The highest BCUT2D eigenvalue weighted by atomic mass is 35.5. The van der Waals surface area contributed by atoms with Gasteiger partial charge < -0.3 is 5.32 Å². The van der Waals surface area contributed by atoms with Crippen LogP contribution in [0.25, 0.3) is 44.3 Å². The van der Waals surface area contributed by atoms with Gasteiger partial charge in [-0.15, -0.1) is 0 Å². The second-order valence-corrected chi connectivity index (χ2v) is 13.2. The molecule has 1 saturated carbocycles. The molecule has 46 heavy (non-hydrogen) atoms. The quantitative estimate of drug-likeness (QED) is 0.183. The highest BCUT2D eigenvalue weighted by molar-refractivity contribution is 6.30. The molecule has 8 rings (SSSR count). The molecular formula is C35H37Cl2N9. The van der Waals surface area contributed by atoms with Crippen molar-refractivity contribution in [3.05, 3.63) is 83.9 Å². The Balaban J connectivity index is 0.000000147. The fraction of sp³-hybridized carbons (Fsp3) is 0.371. The van der Waals surface area contributed by atoms with Crippen molar-refractivity contribution in [2.75, 3.05) is 13.1 Å². The maximum absolute atomic E-state index is 5.97. The average Bonchev–Trinajstić information content (AvgIpc) is 3.75. The van der Waals surface area contributed by atoms with Crippen molar-refractivity contribution in [2.45, 2.75) is 58.0 Å². The Bertz CT molecular complexity index is 1780. The topological polar surface area (TPSA) is 99.2 Å². The van der Waals surface area contributed by atoms with E-state index >= 15 is 0 Å². The van der Waals surface area contributed by atoms with Crippen molar-refractivity contribution in [3.63, 3.8) is 0 Å². The Kier molecular flexibility index (Phi) is 9.51. The van der Waals surface area contributed by atoms with E-state index in [0.717, 1.165) is 76.4 Å². The zero-order valence-corrected chi connectivity index (χ0v) is 27.2. The molecular weight excluding hydrogens is 617 g/mol. The first-order valence-electron chi connectivity index (χ1n) is 16.2. The van der Waals surface area contributed by atoms with Crippen LogP contribution in [0.2, 0.25) is 10.3 Å². The smallest absolute Gasteiger partial charge is 0.129 e. The molecule has 0 atom stereocenters. The molecule has 2 fully saturated rings. The van der Waals surface area contributed by atoms with Crippen LogP contribution in [0.15, 0.2) is 73.6 Å². The number of nitrogens with zero attached hydrogens (tertiary/aromatic N) is 8. The van der Waals surface area contributed by atoms with Crippen LogP contribution in [0, 0.1) is 11.8 Å². The van der Waals surface area contributed by atoms with Gasteiger partial charge in [-0.25, -0.2) is 9.97 Å². The van der Waals surface area contributed by atoms with Gasteiger partial charge in [-0.3, -0.25) is 19.3 Å². The number of pyridine rings is 4. The minimum atomic E-state index is 0.484. The Morgan fingerprint density at radius 1 is 0.587 bits per heavy atom. The van der Waals surface area contributed by atoms with Gasteiger partial charge in [0.05, 0.1) is 34.5 Å². The molecule has 236 valence electrons. The first kappa shape index (κ1) is 30.7. The van der Waals surface area contributed by atoms with E-state index in [1.807, 2.05) is 53.7 Å². The summed E-state index contributed by atoms with van der Waals surface area (Å²) < 4.78 is 4.11. The lowest BCUT2D eigenvalue weighted by molar-refractivity contribution is 0.308. The molecule has 2 aliphatic rings. The van der Waals surface area contributed by atoms with Gasteiger partial charge in [0.15, 0.2) is 0 Å². The molecule has 0 radical (unpaired) electrons. The van der Waals surface area contributed by atoms with Gasteiger partial charge in [0.25, 0.3) is 0 Å². The van der Waals surface area contributed by atoms with Crippen LogP contribution >= 0.6 is 23.2 Å². The summed E-state index contributed by atoms with van der Waals surface area (Å²) in [5.74, 6) is 1.48. The zero-order chi connectivity index (χ0) is 31.3. The molecule has 0 spiro atoms. The van der Waals surface area contributed by atoms with Gasteiger partial charge in [-0.2, -0.15) is 10.2 Å². The largest absolute Gasteiger partial charge is 0.317 e. The molecule has 0 bridgehead atoms. The minimum absolute atomic E-state index is 0.484. The lowest BCUT2D eigenvalue weighted by atomic mass is 9.89. The highest BCUT2D eigenvalue weighted by Gasteiger charge is 2.16. The van der Waals surface area contributed by atoms with E-state index in [1.165, 1.54) is 44.9 Å². The summed E-state index contributed by atoms with van der Waals surface area (Å²) in [5.41, 5.74) is 7.52. The Hall–Kier alpha value is -3.92. The molecule has 1 N–H and O–H groups in total. The number of hydrogen-bond donors (Lipinski definition) is 1. The first-order chi connectivity index (χ1) is 22.6. The van der Waals surface area contributed by atoms with E-state index in [1.54, 1.807) is 12.1 Å². The lowest BCUT2D eigenvalue weighted by Crippen LogP contribution is -2.29. The van der Waals surface area contributed by atoms with Crippen LogP contribution in [0.4, 0.5) is 0 Å². The van der Waals surface area contributed by atoms with Crippen molar-refractivity contribution in [1.82, 2.24) is 44.8 Å². The molecule has 9 nitrogen and oxygen atoms in total. The number of fused-ring (bicyclic) bond motifs is 2. The van der Waals surface area contributed by atoms with E-state index in [-0.39, 0.29) is 0 Å². The van der Waals surface area contributed by atoms with E-state index in [4.69, 9.17) is 23.2 Å². The van der Waals surface area contributed by atoms with Crippen LogP contribution in [0.3, 0.4) is 0 Å². The summed E-state index contributed by atoms with van der Waals surface area (Å²) in [5, 5.41) is 13.4. The van der Waals surface area contributed by atoms with Crippen molar-refractivity contribution in [1.29, 1.82) is 0 Å². The standard InChI is InChI=1S/C18H19ClN4.C17H18ClN5/c19-18-7-6-16-17(22-18)8-14(9-20-16)15-10-21-23(12-15)11-13-4-2-1-3-5-13;18-17-2-1-15-16(22-17)7-13(8-20-15)14-9-21-23(11-14)10-12-3-5-19-6-4-12/h6-10,12-13H,1-5,11H2;1-2,7-9,11-12,19H,3-6,10H2. The fourth-order valence-corrected chi connectivity index (χ4v) is 6.78. The summed E-state index contributed by atoms with van der Waals surface area (Å²) in [6.45, 7) is 4.22. The van der Waals surface area contributed by atoms with Gasteiger partial charge in [-0.1, -0.05) is 42.5 Å². The maximum atomic E-state index is 5.97. The third kappa shape index (κ3) is 7.54. The molecule has 11 heteroatoms. The van der Waals surface area contributed by atoms with Crippen LogP contribution < -0.4 is 5.32 Å². The van der Waals surface area contributed by atoms with Crippen molar-refractivity contribution < 1.29 is 0 Å². The van der Waals surface area contributed by atoms with Crippen molar-refractivity contribution in [3.8, 4) is 22.3 Å². The molecule has 0 unspecified atom stereocenters. The SMILES string of the molecule is Clc1ccc2ncc(-c3cnn(CC4CCCCC4)c3)cc2n1.Clc1ccc2ncc(-c3cnn(CC4CCNCC4)c3)cc2n1. The maximum Gasteiger partial charge on any atom is 0.129 e. The van der Waals surface area contributed by atoms with Crippen LogP contribution in [0.1, 0.15) is 44.9 Å². The Morgan fingerprint density at radius 2 is 1.09 bits per heavy atom. The first-order valence-corrected chi connectivity index (χ1v) is 16.9. The van der Waals surface area contributed by atoms with Gasteiger partial charge in [0, 0.05) is 60.1 Å². The highest BCUT2D eigenvalue weighted by Crippen LogP contribution is 2.27. The van der Waals surface area contributed by atoms with Gasteiger partial charge in [-0.05, 0) is 87.0 Å². The van der Waals surface area contributed by atoms with Gasteiger partial charge in [0.2, 0.25) is 0 Å². The van der Waals surface area contributed by atoms with Gasteiger partial charge >= 0.3 is 0 Å². The summed E-state index contributed by atoms with van der Waals surface area (Å²) >= 11 is 11.9. The van der Waals surface area contributed by atoms with E-state index in [2.05, 4.69) is 52.5 Å². The number of aromatic nitrogens is 8. The summed E-state index contributed by atoms with van der Waals surface area (Å²) in [7, 11) is 0. The number of piperidine rings is 1. The second kappa shape index (κ2) is 14.2. The van der Waals surface area contributed by atoms with E-state index < -0.39 is 0 Å². The van der Waals surface area contributed by atoms with Crippen LogP contribution in [-0.4, -0.2) is 52.6 Å². The molecule has 1 aliphatic carbocycles. The summed E-state index contributed by atoms with van der Waals surface area (Å²) in [6, 6.07) is 11.3. The fourth-order valence-electron chi connectivity index (χ4n) is 6.47. The van der Waals surface area contributed by atoms with Crippen molar-refractivity contribution >= 4 is 45.3 Å².